The molecule has 2 saturated heterocycles. The molecule has 243 valence electrons. The molecule has 3 aliphatic rings. The van der Waals surface area contributed by atoms with Gasteiger partial charge in [-0.1, -0.05) is 120 Å². The van der Waals surface area contributed by atoms with Gasteiger partial charge < -0.3 is 17.3 Å². The third-order valence-corrected chi connectivity index (χ3v) is 17.1. The first-order valence-corrected chi connectivity index (χ1v) is 19.0. The van der Waals surface area contributed by atoms with Crippen LogP contribution in [0, 0.1) is 23.7 Å². The van der Waals surface area contributed by atoms with Gasteiger partial charge in [-0.05, 0) is 108 Å². The number of hydrogen-bond acceptors (Lipinski definition) is 0. The van der Waals surface area contributed by atoms with Crippen LogP contribution in [0.15, 0.2) is 48.6 Å². The number of halogens is 4. The van der Waals surface area contributed by atoms with Crippen LogP contribution in [0.3, 0.4) is 0 Å². The maximum Gasteiger partial charge on any atom is 0.673 e. The molecule has 1 radical (unpaired) electrons. The van der Waals surface area contributed by atoms with E-state index in [2.05, 4.69) is 104 Å². The fraction of sp³-hybridized carbons (Fsp3) is 0.706. The van der Waals surface area contributed by atoms with Gasteiger partial charge in [0, 0.05) is 19.5 Å². The van der Waals surface area contributed by atoms with Gasteiger partial charge in [0.15, 0.2) is 0 Å². The van der Waals surface area contributed by atoms with Gasteiger partial charge in [0.2, 0.25) is 0 Å². The second-order valence-electron chi connectivity index (χ2n) is 13.3. The Morgan fingerprint density at radius 1 is 0.524 bits per heavy atom. The van der Waals surface area contributed by atoms with Gasteiger partial charge in [-0.3, -0.25) is 0 Å². The Kier molecular flexibility index (Phi) is 18.5. The fourth-order valence-corrected chi connectivity index (χ4v) is 15.4. The van der Waals surface area contributed by atoms with Crippen molar-refractivity contribution in [3.05, 3.63) is 48.6 Å². The predicted molar refractivity (Wildman–Crippen MR) is 179 cm³/mol. The fourth-order valence-electron chi connectivity index (χ4n) is 6.82. The van der Waals surface area contributed by atoms with Crippen LogP contribution in [0.2, 0.25) is 0 Å². The van der Waals surface area contributed by atoms with Crippen LogP contribution in [0.25, 0.3) is 0 Å². The molecule has 0 nitrogen and oxygen atoms in total. The zero-order valence-corrected chi connectivity index (χ0v) is 30.6. The molecule has 0 spiro atoms. The van der Waals surface area contributed by atoms with Crippen molar-refractivity contribution in [1.82, 2.24) is 0 Å². The van der Waals surface area contributed by atoms with E-state index < -0.39 is 7.25 Å². The third kappa shape index (κ3) is 12.8. The topological polar surface area (TPSA) is 0 Å². The molecule has 42 heavy (non-hydrogen) atoms. The van der Waals surface area contributed by atoms with Crippen molar-refractivity contribution in [1.29, 1.82) is 0 Å². The van der Waals surface area contributed by atoms with E-state index >= 15 is 0 Å². The molecule has 0 N–H and O–H groups in total. The summed E-state index contributed by atoms with van der Waals surface area (Å²) < 4.78 is 39.0. The average molecular weight is 716 g/mol. The standard InChI is InChI=1S/C26H44P2.C8H12.BF4.Rh/c1-17(2)21-13-14-22(18(3)4)27(21)25-11-9-10-12-26(25)28-23(19(5)6)15-16-24(28)20(7)8;1-2-4-6-8-7-5-3-1;2-1(3,4)5;/h9-12,17-24H,13-16H2,1-8H3;1-2,7-8H,3-6H2;;/q;;-1;/b;2-1-,8-7?;;/t21-,22-,23-,24-;;;/m1.../s1. The van der Waals surface area contributed by atoms with E-state index in [1.165, 1.54) is 51.4 Å². The molecule has 2 heterocycles. The minimum absolute atomic E-state index is 0. The van der Waals surface area contributed by atoms with E-state index in [0.29, 0.717) is 0 Å². The molecule has 4 atom stereocenters. The van der Waals surface area contributed by atoms with Gasteiger partial charge in [-0.2, -0.15) is 0 Å². The molecular weight excluding hydrogens is 660 g/mol. The Balaban J connectivity index is 0.000000522. The normalized spacial score (nSPS) is 25.9. The van der Waals surface area contributed by atoms with Gasteiger partial charge >= 0.3 is 7.25 Å². The molecule has 2 aliphatic heterocycles. The summed E-state index contributed by atoms with van der Waals surface area (Å²) in [6, 6.07) is 9.86. The Morgan fingerprint density at radius 3 is 0.929 bits per heavy atom. The summed E-state index contributed by atoms with van der Waals surface area (Å²) >= 11 is 0. The van der Waals surface area contributed by atoms with Crippen LogP contribution in [0.1, 0.15) is 107 Å². The van der Waals surface area contributed by atoms with Crippen molar-refractivity contribution in [2.75, 3.05) is 0 Å². The van der Waals surface area contributed by atoms with E-state index in [1.54, 1.807) is 0 Å². The Hall–Kier alpha value is -0.0317. The van der Waals surface area contributed by atoms with Crippen LogP contribution >= 0.6 is 15.8 Å². The van der Waals surface area contributed by atoms with Crippen molar-refractivity contribution < 1.29 is 36.7 Å². The molecular formula is C34H56BF4P2Rh-. The molecule has 8 heteroatoms. The summed E-state index contributed by atoms with van der Waals surface area (Å²) in [7, 11) is -6.09. The monoisotopic (exact) mass is 716 g/mol. The minimum Gasteiger partial charge on any atom is -0.418 e. The maximum atomic E-state index is 9.75. The summed E-state index contributed by atoms with van der Waals surface area (Å²) in [6.07, 6.45) is 19.8. The molecule has 0 saturated carbocycles. The molecule has 2 fully saturated rings. The maximum absolute atomic E-state index is 9.75. The van der Waals surface area contributed by atoms with Gasteiger partial charge in [-0.25, -0.2) is 0 Å². The van der Waals surface area contributed by atoms with Crippen LogP contribution in [0.5, 0.6) is 0 Å². The molecule has 0 amide bonds. The van der Waals surface area contributed by atoms with Gasteiger partial charge in [-0.15, -0.1) is 0 Å². The average Bonchev–Trinajstić information content (AvgIpc) is 3.48. The summed E-state index contributed by atoms with van der Waals surface area (Å²) in [5.41, 5.74) is 3.71. The summed E-state index contributed by atoms with van der Waals surface area (Å²) in [5, 5.41) is 3.66. The van der Waals surface area contributed by atoms with E-state index in [4.69, 9.17) is 0 Å². The first kappa shape index (κ1) is 40.0. The molecule has 1 aromatic carbocycles. The van der Waals surface area contributed by atoms with E-state index in [-0.39, 0.29) is 35.3 Å². The number of benzene rings is 1. The molecule has 4 rings (SSSR count). The molecule has 0 unspecified atom stereocenters. The molecule has 0 aromatic heterocycles. The molecule has 1 aromatic rings. The van der Waals surface area contributed by atoms with Crippen molar-refractivity contribution in [3.8, 4) is 0 Å². The second-order valence-corrected chi connectivity index (χ2v) is 18.5. The largest absolute Gasteiger partial charge is 0.673 e. The number of rotatable bonds is 6. The van der Waals surface area contributed by atoms with E-state index in [1.807, 2.05) is 10.6 Å². The quantitative estimate of drug-likeness (QED) is 0.119. The van der Waals surface area contributed by atoms with Gasteiger partial charge in [0.25, 0.3) is 0 Å². The van der Waals surface area contributed by atoms with Crippen LogP contribution in [-0.4, -0.2) is 29.9 Å². The Labute approximate surface area is 271 Å². The Bertz CT molecular complexity index is 829. The van der Waals surface area contributed by atoms with Crippen LogP contribution in [0.4, 0.5) is 17.3 Å². The van der Waals surface area contributed by atoms with E-state index in [0.717, 1.165) is 46.3 Å². The summed E-state index contributed by atoms with van der Waals surface area (Å²) in [4.78, 5) is 0. The first-order chi connectivity index (χ1) is 19.2. The van der Waals surface area contributed by atoms with Gasteiger partial charge in [0.1, 0.15) is 0 Å². The van der Waals surface area contributed by atoms with Crippen molar-refractivity contribution >= 4 is 33.7 Å². The SMILES string of the molecule is C1=CCC/C=C\CC1.CC(C)[C@H]1CC[C@H](C(C)C)P1c1ccccc1P1[C@@H](C(C)C)CC[C@@H]1C(C)C.F[B-](F)(F)F.[Rh]. The second kappa shape index (κ2) is 19.5. The number of allylic oxidation sites excluding steroid dienone is 4. The number of hydrogen-bond donors (Lipinski definition) is 0. The summed E-state index contributed by atoms with van der Waals surface area (Å²) in [6.45, 7) is 19.9. The van der Waals surface area contributed by atoms with E-state index in [9.17, 15) is 17.3 Å². The zero-order chi connectivity index (χ0) is 30.7. The third-order valence-electron chi connectivity index (χ3n) is 8.80. The van der Waals surface area contributed by atoms with Crippen molar-refractivity contribution in [2.45, 2.75) is 129 Å². The predicted octanol–water partition coefficient (Wildman–Crippen LogP) is 11.6. The minimum atomic E-state index is -6.00. The zero-order valence-electron chi connectivity index (χ0n) is 27.2. The smallest absolute Gasteiger partial charge is 0.418 e. The first-order valence-electron chi connectivity index (χ1n) is 16.1. The van der Waals surface area contributed by atoms with Crippen LogP contribution < -0.4 is 10.6 Å². The van der Waals surface area contributed by atoms with Crippen molar-refractivity contribution in [2.24, 2.45) is 23.7 Å². The Morgan fingerprint density at radius 2 is 0.738 bits per heavy atom. The van der Waals surface area contributed by atoms with Gasteiger partial charge in [0.05, 0.1) is 0 Å². The molecule has 1 aliphatic carbocycles. The van der Waals surface area contributed by atoms with Crippen LogP contribution in [-0.2, 0) is 19.5 Å². The van der Waals surface area contributed by atoms with Crippen molar-refractivity contribution in [3.63, 3.8) is 0 Å². The summed E-state index contributed by atoms with van der Waals surface area (Å²) in [5.74, 6) is 3.28. The molecule has 0 bridgehead atoms.